The van der Waals surface area contributed by atoms with Crippen molar-refractivity contribution in [2.75, 3.05) is 5.32 Å². The number of carbonyl (C=O) groups is 1. The number of amides is 1. The first-order valence-corrected chi connectivity index (χ1v) is 7.72. The number of benzene rings is 2. The monoisotopic (exact) mass is 415 g/mol. The minimum absolute atomic E-state index is 0.309. The Labute approximate surface area is 138 Å². The molecule has 6 heteroatoms. The number of nitrogens with one attached hydrogen (secondary N) is 1. The molecule has 2 aromatic carbocycles. The van der Waals surface area contributed by atoms with Crippen LogP contribution in [0.15, 0.2) is 51.4 Å². The van der Waals surface area contributed by atoms with Gasteiger partial charge in [-0.25, -0.2) is 4.39 Å². The van der Waals surface area contributed by atoms with Gasteiger partial charge in [-0.3, -0.25) is 4.79 Å². The highest BCUT2D eigenvalue weighted by Crippen LogP contribution is 2.29. The van der Waals surface area contributed by atoms with Crippen LogP contribution in [0.3, 0.4) is 0 Å². The minimum atomic E-state index is -0.687. The van der Waals surface area contributed by atoms with Gasteiger partial charge in [0.1, 0.15) is 11.6 Å². The Hall–Kier alpha value is -1.40. The summed E-state index contributed by atoms with van der Waals surface area (Å²) >= 11 is 6.72. The van der Waals surface area contributed by atoms with Crippen molar-refractivity contribution in [2.24, 2.45) is 0 Å². The summed E-state index contributed by atoms with van der Waals surface area (Å²) < 4.78 is 20.1. The van der Waals surface area contributed by atoms with E-state index >= 15 is 0 Å². The van der Waals surface area contributed by atoms with Crippen molar-refractivity contribution in [3.63, 3.8) is 0 Å². The summed E-state index contributed by atoms with van der Waals surface area (Å²) in [5, 5.41) is 2.66. The maximum Gasteiger partial charge on any atom is 0.265 e. The Morgan fingerprint density at radius 2 is 1.86 bits per heavy atom. The lowest BCUT2D eigenvalue weighted by Crippen LogP contribution is -2.30. The van der Waals surface area contributed by atoms with Crippen LogP contribution in [-0.4, -0.2) is 12.0 Å². The smallest absolute Gasteiger partial charge is 0.265 e. The molecule has 1 amide bonds. The Kier molecular flexibility index (Phi) is 5.36. The van der Waals surface area contributed by atoms with E-state index in [0.717, 1.165) is 8.95 Å². The number of carbonyl (C=O) groups excluding carboxylic acids is 1. The van der Waals surface area contributed by atoms with Gasteiger partial charge in [0.2, 0.25) is 0 Å². The molecule has 1 N–H and O–H groups in total. The number of hydrogen-bond donors (Lipinski definition) is 1. The zero-order valence-electron chi connectivity index (χ0n) is 11.1. The lowest BCUT2D eigenvalue weighted by atomic mass is 10.3. The van der Waals surface area contributed by atoms with Gasteiger partial charge >= 0.3 is 0 Å². The molecule has 0 aromatic heterocycles. The Balaban J connectivity index is 2.00. The summed E-state index contributed by atoms with van der Waals surface area (Å²) in [6, 6.07) is 11.0. The van der Waals surface area contributed by atoms with Crippen molar-refractivity contribution >= 4 is 43.5 Å². The molecule has 0 unspecified atom stereocenters. The van der Waals surface area contributed by atoms with Crippen LogP contribution in [0.5, 0.6) is 5.75 Å². The van der Waals surface area contributed by atoms with E-state index in [9.17, 15) is 9.18 Å². The predicted molar refractivity (Wildman–Crippen MR) is 87.0 cm³/mol. The van der Waals surface area contributed by atoms with Crippen LogP contribution in [0.4, 0.5) is 10.1 Å². The second kappa shape index (κ2) is 7.04. The molecular weight excluding hydrogens is 405 g/mol. The van der Waals surface area contributed by atoms with E-state index in [4.69, 9.17) is 4.74 Å². The Bertz CT molecular complexity index is 647. The zero-order valence-corrected chi connectivity index (χ0v) is 14.2. The van der Waals surface area contributed by atoms with Crippen LogP contribution in [0, 0.1) is 5.82 Å². The molecule has 0 aliphatic carbocycles. The summed E-state index contributed by atoms with van der Waals surface area (Å²) in [4.78, 5) is 12.0. The lowest BCUT2D eigenvalue weighted by molar-refractivity contribution is -0.122. The van der Waals surface area contributed by atoms with E-state index in [1.54, 1.807) is 13.0 Å². The molecule has 0 aliphatic heterocycles. The third kappa shape index (κ3) is 4.54. The molecule has 3 nitrogen and oxygen atoms in total. The Morgan fingerprint density at radius 3 is 2.48 bits per heavy atom. The molecule has 0 radical (unpaired) electrons. The molecule has 2 rings (SSSR count). The van der Waals surface area contributed by atoms with Gasteiger partial charge in [-0.15, -0.1) is 0 Å². The first-order valence-electron chi connectivity index (χ1n) is 6.14. The van der Waals surface area contributed by atoms with Crippen molar-refractivity contribution in [1.29, 1.82) is 0 Å². The number of ether oxygens (including phenoxy) is 1. The van der Waals surface area contributed by atoms with Gasteiger partial charge in [0, 0.05) is 10.2 Å². The third-order valence-corrected chi connectivity index (χ3v) is 3.79. The fourth-order valence-electron chi connectivity index (χ4n) is 1.59. The number of anilines is 1. The van der Waals surface area contributed by atoms with Gasteiger partial charge < -0.3 is 10.1 Å². The van der Waals surface area contributed by atoms with E-state index in [1.807, 2.05) is 12.1 Å². The van der Waals surface area contributed by atoms with E-state index < -0.39 is 6.10 Å². The van der Waals surface area contributed by atoms with Crippen molar-refractivity contribution in [1.82, 2.24) is 0 Å². The number of hydrogen-bond acceptors (Lipinski definition) is 2. The van der Waals surface area contributed by atoms with E-state index in [0.29, 0.717) is 11.4 Å². The van der Waals surface area contributed by atoms with Crippen LogP contribution in [-0.2, 0) is 4.79 Å². The summed E-state index contributed by atoms with van der Waals surface area (Å²) in [5.74, 6) is -0.0903. The molecule has 0 aliphatic rings. The maximum atomic E-state index is 12.8. The minimum Gasteiger partial charge on any atom is -0.480 e. The molecule has 0 heterocycles. The molecule has 1 atom stereocenters. The van der Waals surface area contributed by atoms with Gasteiger partial charge in [0.05, 0.1) is 4.47 Å². The predicted octanol–water partition coefficient (Wildman–Crippen LogP) is 4.76. The third-order valence-electron chi connectivity index (χ3n) is 2.68. The van der Waals surface area contributed by atoms with Crippen molar-refractivity contribution in [3.8, 4) is 5.75 Å². The second-order valence-electron chi connectivity index (χ2n) is 4.33. The highest BCUT2D eigenvalue weighted by atomic mass is 79.9. The van der Waals surface area contributed by atoms with E-state index in [-0.39, 0.29) is 11.7 Å². The lowest BCUT2D eigenvalue weighted by Gasteiger charge is -2.16. The quantitative estimate of drug-likeness (QED) is 0.780. The van der Waals surface area contributed by atoms with Crippen molar-refractivity contribution < 1.29 is 13.9 Å². The zero-order chi connectivity index (χ0) is 15.4. The van der Waals surface area contributed by atoms with Crippen molar-refractivity contribution in [3.05, 3.63) is 57.2 Å². The van der Waals surface area contributed by atoms with Gasteiger partial charge in [0.15, 0.2) is 6.10 Å². The molecule has 0 spiro atoms. The van der Waals surface area contributed by atoms with Gasteiger partial charge in [0.25, 0.3) is 5.91 Å². The average molecular weight is 417 g/mol. The molecular formula is C15H12Br2FNO2. The fourth-order valence-corrected chi connectivity index (χ4v) is 2.73. The van der Waals surface area contributed by atoms with Gasteiger partial charge in [-0.05, 0) is 65.3 Å². The second-order valence-corrected chi connectivity index (χ2v) is 6.10. The topological polar surface area (TPSA) is 38.3 Å². The average Bonchev–Trinajstić information content (AvgIpc) is 2.44. The summed E-state index contributed by atoms with van der Waals surface area (Å²) in [6.45, 7) is 1.65. The summed E-state index contributed by atoms with van der Waals surface area (Å²) in [7, 11) is 0. The van der Waals surface area contributed by atoms with Crippen LogP contribution < -0.4 is 10.1 Å². The highest BCUT2D eigenvalue weighted by molar-refractivity contribution is 9.11. The summed E-state index contributed by atoms with van der Waals surface area (Å²) in [5.41, 5.74) is 0.520. The fraction of sp³-hybridized carbons (Fsp3) is 0.133. The normalized spacial score (nSPS) is 11.8. The molecule has 0 fully saturated rings. The largest absolute Gasteiger partial charge is 0.480 e. The van der Waals surface area contributed by atoms with Crippen LogP contribution >= 0.6 is 31.9 Å². The maximum absolute atomic E-state index is 12.8. The van der Waals surface area contributed by atoms with Crippen molar-refractivity contribution in [2.45, 2.75) is 13.0 Å². The van der Waals surface area contributed by atoms with Crippen LogP contribution in [0.25, 0.3) is 0 Å². The van der Waals surface area contributed by atoms with E-state index in [1.165, 1.54) is 24.3 Å². The molecule has 0 saturated carbocycles. The molecule has 2 aromatic rings. The van der Waals surface area contributed by atoms with Crippen LogP contribution in [0.2, 0.25) is 0 Å². The van der Waals surface area contributed by atoms with Gasteiger partial charge in [-0.2, -0.15) is 0 Å². The highest BCUT2D eigenvalue weighted by Gasteiger charge is 2.16. The standard InChI is InChI=1S/C15H12Br2FNO2/c1-9(21-14-7-2-10(16)8-13(14)17)15(20)19-12-5-3-11(18)4-6-12/h2-9H,1H3,(H,19,20)/t9-/m1/s1. The SMILES string of the molecule is C[C@@H](Oc1ccc(Br)cc1Br)C(=O)Nc1ccc(F)cc1. The first-order chi connectivity index (χ1) is 9.95. The van der Waals surface area contributed by atoms with E-state index in [2.05, 4.69) is 37.2 Å². The van der Waals surface area contributed by atoms with Crippen LogP contribution in [0.1, 0.15) is 6.92 Å². The molecule has 110 valence electrons. The molecule has 21 heavy (non-hydrogen) atoms. The Morgan fingerprint density at radius 1 is 1.19 bits per heavy atom. The molecule has 0 saturated heterocycles. The number of halogens is 3. The first kappa shape index (κ1) is 16.0. The van der Waals surface area contributed by atoms with Gasteiger partial charge in [-0.1, -0.05) is 15.9 Å². The summed E-state index contributed by atoms with van der Waals surface area (Å²) in [6.07, 6.45) is -0.687. The number of rotatable bonds is 4. The molecule has 0 bridgehead atoms.